The standard InChI is InChI=1S/C13H21N3O5S2/c1-21-11-5-6-16(10(7-11)9-14)23(19,20)13-4-2-3-12(8-13)22(15,17)18/h2-4,8,10-11H,5-7,9,14H2,1H3,(H2,15,17,18). The Hall–Kier alpha value is -1.04. The predicted octanol–water partition coefficient (Wildman–Crippen LogP) is -0.539. The molecule has 0 saturated carbocycles. The molecule has 0 radical (unpaired) electrons. The minimum Gasteiger partial charge on any atom is -0.381 e. The van der Waals surface area contributed by atoms with Crippen molar-refractivity contribution in [1.29, 1.82) is 0 Å². The summed E-state index contributed by atoms with van der Waals surface area (Å²) in [6.45, 7) is 0.427. The lowest BCUT2D eigenvalue weighted by atomic mass is 10.0. The Kier molecular flexibility index (Phi) is 5.44. The second-order valence-corrected chi connectivity index (χ2v) is 8.86. The Labute approximate surface area is 136 Å². The van der Waals surface area contributed by atoms with Gasteiger partial charge in [-0.3, -0.25) is 0 Å². The topological polar surface area (TPSA) is 133 Å². The van der Waals surface area contributed by atoms with Crippen LogP contribution in [0.1, 0.15) is 12.8 Å². The molecule has 0 aliphatic carbocycles. The van der Waals surface area contributed by atoms with Crippen molar-refractivity contribution in [2.45, 2.75) is 34.8 Å². The maximum Gasteiger partial charge on any atom is 0.243 e. The number of rotatable bonds is 5. The molecule has 10 heteroatoms. The minimum absolute atomic E-state index is 0.0363. The number of hydrogen-bond acceptors (Lipinski definition) is 6. The maximum absolute atomic E-state index is 12.8. The molecule has 1 aliphatic rings. The second kappa shape index (κ2) is 6.83. The fourth-order valence-corrected chi connectivity index (χ4v) is 5.03. The van der Waals surface area contributed by atoms with Crippen LogP contribution in [0.2, 0.25) is 0 Å². The van der Waals surface area contributed by atoms with Crippen LogP contribution >= 0.6 is 0 Å². The van der Waals surface area contributed by atoms with E-state index in [1.807, 2.05) is 0 Å². The molecule has 23 heavy (non-hydrogen) atoms. The lowest BCUT2D eigenvalue weighted by molar-refractivity contribution is 0.0401. The van der Waals surface area contributed by atoms with Crippen LogP contribution in [-0.4, -0.2) is 53.5 Å². The van der Waals surface area contributed by atoms with E-state index in [9.17, 15) is 16.8 Å². The van der Waals surface area contributed by atoms with Gasteiger partial charge in [0.1, 0.15) is 0 Å². The Morgan fingerprint density at radius 2 is 1.91 bits per heavy atom. The summed E-state index contributed by atoms with van der Waals surface area (Å²) in [6, 6.07) is 4.63. The highest BCUT2D eigenvalue weighted by Crippen LogP contribution is 2.27. The quantitative estimate of drug-likeness (QED) is 0.722. The van der Waals surface area contributed by atoms with Gasteiger partial charge in [0.25, 0.3) is 0 Å². The number of sulfonamides is 2. The van der Waals surface area contributed by atoms with E-state index in [-0.39, 0.29) is 29.0 Å². The van der Waals surface area contributed by atoms with Crippen molar-refractivity contribution in [3.63, 3.8) is 0 Å². The number of nitrogens with two attached hydrogens (primary N) is 2. The largest absolute Gasteiger partial charge is 0.381 e. The van der Waals surface area contributed by atoms with Crippen molar-refractivity contribution in [2.24, 2.45) is 10.9 Å². The van der Waals surface area contributed by atoms with Crippen LogP contribution in [0.5, 0.6) is 0 Å². The predicted molar refractivity (Wildman–Crippen MR) is 84.6 cm³/mol. The van der Waals surface area contributed by atoms with Gasteiger partial charge >= 0.3 is 0 Å². The average molecular weight is 363 g/mol. The van der Waals surface area contributed by atoms with Crippen LogP contribution in [0, 0.1) is 0 Å². The molecule has 1 heterocycles. The number of primary sulfonamides is 1. The van der Waals surface area contributed by atoms with Gasteiger partial charge in [-0.25, -0.2) is 22.0 Å². The highest BCUT2D eigenvalue weighted by Gasteiger charge is 2.36. The smallest absolute Gasteiger partial charge is 0.243 e. The van der Waals surface area contributed by atoms with E-state index in [4.69, 9.17) is 15.6 Å². The molecule has 4 N–H and O–H groups in total. The first-order valence-electron chi connectivity index (χ1n) is 7.07. The van der Waals surface area contributed by atoms with E-state index in [0.717, 1.165) is 6.07 Å². The van der Waals surface area contributed by atoms with Gasteiger partial charge in [-0.1, -0.05) is 6.07 Å². The summed E-state index contributed by atoms with van der Waals surface area (Å²) in [4.78, 5) is -0.354. The van der Waals surface area contributed by atoms with E-state index in [2.05, 4.69) is 0 Å². The molecule has 2 rings (SSSR count). The van der Waals surface area contributed by atoms with E-state index < -0.39 is 26.1 Å². The Morgan fingerprint density at radius 3 is 2.48 bits per heavy atom. The van der Waals surface area contributed by atoms with Crippen molar-refractivity contribution in [1.82, 2.24) is 4.31 Å². The van der Waals surface area contributed by atoms with Gasteiger partial charge in [-0.2, -0.15) is 4.31 Å². The van der Waals surface area contributed by atoms with E-state index in [0.29, 0.717) is 12.8 Å². The van der Waals surface area contributed by atoms with Gasteiger partial charge in [0, 0.05) is 26.2 Å². The van der Waals surface area contributed by atoms with Gasteiger partial charge in [0.15, 0.2) is 0 Å². The number of hydrogen-bond donors (Lipinski definition) is 2. The van der Waals surface area contributed by atoms with Gasteiger partial charge < -0.3 is 10.5 Å². The highest BCUT2D eigenvalue weighted by atomic mass is 32.2. The molecule has 1 fully saturated rings. The molecule has 0 spiro atoms. The van der Waals surface area contributed by atoms with E-state index in [1.54, 1.807) is 7.11 Å². The fraction of sp³-hybridized carbons (Fsp3) is 0.538. The molecule has 0 amide bonds. The molecule has 1 aromatic carbocycles. The molecular weight excluding hydrogens is 342 g/mol. The van der Waals surface area contributed by atoms with Crippen LogP contribution in [0.15, 0.2) is 34.1 Å². The monoisotopic (exact) mass is 363 g/mol. The van der Waals surface area contributed by atoms with Crippen molar-refractivity contribution in [3.8, 4) is 0 Å². The summed E-state index contributed by atoms with van der Waals surface area (Å²) in [6.07, 6.45) is 1.02. The molecule has 1 aromatic rings. The third-order valence-corrected chi connectivity index (χ3v) is 6.82. The highest BCUT2D eigenvalue weighted by molar-refractivity contribution is 7.90. The number of nitrogens with zero attached hydrogens (tertiary/aromatic N) is 1. The molecule has 1 aliphatic heterocycles. The number of methoxy groups -OCH3 is 1. The summed E-state index contributed by atoms with van der Waals surface area (Å²) in [5, 5.41) is 5.06. The number of ether oxygens (including phenoxy) is 1. The molecule has 2 atom stereocenters. The van der Waals surface area contributed by atoms with Crippen molar-refractivity contribution < 1.29 is 21.6 Å². The molecule has 0 aromatic heterocycles. The van der Waals surface area contributed by atoms with Crippen LogP contribution in [0.4, 0.5) is 0 Å². The summed E-state index contributed by atoms with van der Waals surface area (Å²) in [5.41, 5.74) is 5.71. The SMILES string of the molecule is COC1CCN(S(=O)(=O)c2cccc(S(N)(=O)=O)c2)C(CN)C1. The Balaban J connectivity index is 2.38. The van der Waals surface area contributed by atoms with Gasteiger partial charge in [0.2, 0.25) is 20.0 Å². The Morgan fingerprint density at radius 1 is 1.26 bits per heavy atom. The zero-order chi connectivity index (χ0) is 17.3. The molecule has 130 valence electrons. The molecular formula is C13H21N3O5S2. The maximum atomic E-state index is 12.8. The lowest BCUT2D eigenvalue weighted by Gasteiger charge is -2.37. The zero-order valence-electron chi connectivity index (χ0n) is 12.8. The zero-order valence-corrected chi connectivity index (χ0v) is 14.4. The van der Waals surface area contributed by atoms with Crippen LogP contribution in [0.25, 0.3) is 0 Å². The second-order valence-electron chi connectivity index (χ2n) is 5.41. The first kappa shape index (κ1) is 18.3. The normalized spacial score (nSPS) is 23.8. The minimum atomic E-state index is -3.98. The fourth-order valence-electron chi connectivity index (χ4n) is 2.68. The van der Waals surface area contributed by atoms with Crippen molar-refractivity contribution >= 4 is 20.0 Å². The molecule has 1 saturated heterocycles. The first-order chi connectivity index (χ1) is 10.7. The van der Waals surface area contributed by atoms with Crippen LogP contribution in [0.3, 0.4) is 0 Å². The average Bonchev–Trinajstić information content (AvgIpc) is 2.53. The Bertz CT molecular complexity index is 764. The number of piperidine rings is 1. The summed E-state index contributed by atoms with van der Waals surface area (Å²) in [7, 11) is -6.25. The first-order valence-corrected chi connectivity index (χ1v) is 10.1. The van der Waals surface area contributed by atoms with Crippen molar-refractivity contribution in [2.75, 3.05) is 20.2 Å². The van der Waals surface area contributed by atoms with Crippen LogP contribution < -0.4 is 10.9 Å². The van der Waals surface area contributed by atoms with Gasteiger partial charge in [-0.15, -0.1) is 0 Å². The van der Waals surface area contributed by atoms with E-state index in [1.165, 1.54) is 22.5 Å². The third kappa shape index (κ3) is 3.90. The summed E-state index contributed by atoms with van der Waals surface area (Å²) in [5.74, 6) is 0. The summed E-state index contributed by atoms with van der Waals surface area (Å²) >= 11 is 0. The van der Waals surface area contributed by atoms with Crippen molar-refractivity contribution in [3.05, 3.63) is 24.3 Å². The summed E-state index contributed by atoms with van der Waals surface area (Å²) < 4.78 is 55.1. The van der Waals surface area contributed by atoms with E-state index >= 15 is 0 Å². The van der Waals surface area contributed by atoms with Crippen LogP contribution in [-0.2, 0) is 24.8 Å². The van der Waals surface area contributed by atoms with Gasteiger partial charge in [-0.05, 0) is 31.0 Å². The number of benzene rings is 1. The van der Waals surface area contributed by atoms with Gasteiger partial charge in [0.05, 0.1) is 15.9 Å². The molecule has 8 nitrogen and oxygen atoms in total. The third-order valence-electron chi connectivity index (χ3n) is 3.96. The molecule has 0 bridgehead atoms. The molecule has 2 unspecified atom stereocenters. The lowest BCUT2D eigenvalue weighted by Crippen LogP contribution is -2.51.